The van der Waals surface area contributed by atoms with Crippen molar-refractivity contribution in [1.82, 2.24) is 5.32 Å². The molecule has 8 nitrogen and oxygen atoms in total. The number of hydrogen-bond donors (Lipinski definition) is 2. The Kier molecular flexibility index (Phi) is 6.50. The summed E-state index contributed by atoms with van der Waals surface area (Å²) in [5.74, 6) is 1.38. The normalized spacial score (nSPS) is 18.2. The molecule has 2 aromatic carbocycles. The minimum atomic E-state index is -0.889. The number of fused-ring (bicyclic) bond motifs is 1. The average molecular weight is 440 g/mol. The largest absolute Gasteiger partial charge is 0.491 e. The van der Waals surface area contributed by atoms with Crippen LogP contribution in [0.2, 0.25) is 0 Å². The third-order valence-electron chi connectivity index (χ3n) is 5.64. The van der Waals surface area contributed by atoms with Gasteiger partial charge in [0.1, 0.15) is 18.5 Å². The van der Waals surface area contributed by atoms with Crippen LogP contribution in [0.4, 0.5) is 5.69 Å². The fourth-order valence-electron chi connectivity index (χ4n) is 3.77. The summed E-state index contributed by atoms with van der Waals surface area (Å²) in [6.45, 7) is 4.76. The summed E-state index contributed by atoms with van der Waals surface area (Å²) in [5, 5.41) is 12.9. The molecule has 32 heavy (non-hydrogen) atoms. The van der Waals surface area contributed by atoms with E-state index in [1.54, 1.807) is 23.1 Å². The van der Waals surface area contributed by atoms with Crippen LogP contribution >= 0.6 is 0 Å². The van der Waals surface area contributed by atoms with Crippen molar-refractivity contribution in [1.29, 1.82) is 0 Å². The van der Waals surface area contributed by atoms with Crippen LogP contribution in [-0.2, 0) is 9.59 Å². The van der Waals surface area contributed by atoms with Crippen molar-refractivity contribution in [2.75, 3.05) is 31.4 Å². The quantitative estimate of drug-likeness (QED) is 0.655. The maximum absolute atomic E-state index is 12.6. The first-order valence-corrected chi connectivity index (χ1v) is 10.8. The number of benzene rings is 2. The minimum Gasteiger partial charge on any atom is -0.491 e. The molecule has 8 heteroatoms. The van der Waals surface area contributed by atoms with Gasteiger partial charge in [-0.1, -0.05) is 26.0 Å². The third kappa shape index (κ3) is 4.96. The van der Waals surface area contributed by atoms with Crippen molar-refractivity contribution < 1.29 is 28.9 Å². The van der Waals surface area contributed by atoms with Gasteiger partial charge in [0.05, 0.1) is 5.92 Å². The molecule has 4 rings (SSSR count). The third-order valence-corrected chi connectivity index (χ3v) is 5.64. The van der Waals surface area contributed by atoms with Gasteiger partial charge in [-0.15, -0.1) is 0 Å². The number of nitrogens with one attached hydrogen (secondary N) is 1. The second-order valence-corrected chi connectivity index (χ2v) is 8.38. The molecule has 2 aliphatic rings. The maximum Gasteiger partial charge on any atom is 0.231 e. The van der Waals surface area contributed by atoms with Gasteiger partial charge in [0.15, 0.2) is 11.5 Å². The molecule has 2 aliphatic heterocycles. The van der Waals surface area contributed by atoms with Crippen LogP contribution in [0, 0.1) is 5.92 Å². The molecular weight excluding hydrogens is 412 g/mol. The number of rotatable bonds is 8. The molecule has 2 heterocycles. The highest BCUT2D eigenvalue weighted by Gasteiger charge is 2.35. The number of aliphatic hydroxyl groups is 1. The topological polar surface area (TPSA) is 97.3 Å². The van der Waals surface area contributed by atoms with Crippen LogP contribution in [0.25, 0.3) is 0 Å². The molecule has 170 valence electrons. The molecule has 2 atom stereocenters. The van der Waals surface area contributed by atoms with Gasteiger partial charge in [0.25, 0.3) is 0 Å². The first kappa shape index (κ1) is 22.0. The van der Waals surface area contributed by atoms with Crippen LogP contribution in [0.1, 0.15) is 31.7 Å². The SMILES string of the molecule is CC(C)c1cccc(N2CC(C(=O)NCC(O)COc3ccc4c(c3)OCO4)CC2=O)c1. The van der Waals surface area contributed by atoms with Gasteiger partial charge in [-0.25, -0.2) is 0 Å². The number of amides is 2. The zero-order chi connectivity index (χ0) is 22.7. The van der Waals surface area contributed by atoms with E-state index in [0.29, 0.717) is 29.7 Å². The van der Waals surface area contributed by atoms with E-state index in [1.807, 2.05) is 24.3 Å². The number of ether oxygens (including phenoxy) is 3. The van der Waals surface area contributed by atoms with Gasteiger partial charge in [0, 0.05) is 31.3 Å². The van der Waals surface area contributed by atoms with E-state index in [-0.39, 0.29) is 38.2 Å². The standard InChI is InChI=1S/C24H28N2O6/c1-15(2)16-4-3-5-18(8-16)26-12-17(9-23(26)28)24(29)25-11-19(27)13-30-20-6-7-21-22(10-20)32-14-31-21/h3-8,10,15,17,19,27H,9,11-14H2,1-2H3,(H,25,29). The zero-order valence-corrected chi connectivity index (χ0v) is 18.2. The Labute approximate surface area is 187 Å². The summed E-state index contributed by atoms with van der Waals surface area (Å²) >= 11 is 0. The molecule has 0 saturated carbocycles. The molecule has 1 saturated heterocycles. The highest BCUT2D eigenvalue weighted by molar-refractivity contribution is 6.00. The summed E-state index contributed by atoms with van der Waals surface area (Å²) in [5.41, 5.74) is 1.96. The fourth-order valence-corrected chi connectivity index (χ4v) is 3.77. The van der Waals surface area contributed by atoms with Gasteiger partial charge in [-0.3, -0.25) is 9.59 Å². The van der Waals surface area contributed by atoms with Crippen molar-refractivity contribution in [2.24, 2.45) is 5.92 Å². The molecule has 2 N–H and O–H groups in total. The van der Waals surface area contributed by atoms with Crippen molar-refractivity contribution in [3.05, 3.63) is 48.0 Å². The molecule has 1 fully saturated rings. The maximum atomic E-state index is 12.6. The highest BCUT2D eigenvalue weighted by Crippen LogP contribution is 2.35. The number of aliphatic hydroxyl groups excluding tert-OH is 1. The van der Waals surface area contributed by atoms with Gasteiger partial charge < -0.3 is 29.5 Å². The number of hydrogen-bond acceptors (Lipinski definition) is 6. The summed E-state index contributed by atoms with van der Waals surface area (Å²) in [4.78, 5) is 26.7. The predicted molar refractivity (Wildman–Crippen MR) is 118 cm³/mol. The number of nitrogens with zero attached hydrogens (tertiary/aromatic N) is 1. The second kappa shape index (κ2) is 9.48. The molecular formula is C24H28N2O6. The molecule has 0 bridgehead atoms. The number of carbonyl (C=O) groups is 2. The lowest BCUT2D eigenvalue weighted by molar-refractivity contribution is -0.126. The first-order valence-electron chi connectivity index (χ1n) is 10.8. The van der Waals surface area contributed by atoms with E-state index < -0.39 is 12.0 Å². The zero-order valence-electron chi connectivity index (χ0n) is 18.2. The molecule has 2 amide bonds. The van der Waals surface area contributed by atoms with Crippen LogP contribution in [0.5, 0.6) is 17.2 Å². The Morgan fingerprint density at radius 1 is 1.22 bits per heavy atom. The highest BCUT2D eigenvalue weighted by atomic mass is 16.7. The lowest BCUT2D eigenvalue weighted by Crippen LogP contribution is -2.39. The lowest BCUT2D eigenvalue weighted by Gasteiger charge is -2.19. The van der Waals surface area contributed by atoms with E-state index in [9.17, 15) is 14.7 Å². The second-order valence-electron chi connectivity index (χ2n) is 8.38. The molecule has 0 radical (unpaired) electrons. The Bertz CT molecular complexity index is 992. The van der Waals surface area contributed by atoms with Gasteiger partial charge in [0.2, 0.25) is 18.6 Å². The monoisotopic (exact) mass is 440 g/mol. The molecule has 0 aliphatic carbocycles. The molecule has 2 unspecified atom stereocenters. The molecule has 2 aromatic rings. The van der Waals surface area contributed by atoms with Crippen molar-refractivity contribution >= 4 is 17.5 Å². The van der Waals surface area contributed by atoms with Gasteiger partial charge in [-0.05, 0) is 35.7 Å². The van der Waals surface area contributed by atoms with E-state index in [0.717, 1.165) is 11.3 Å². The smallest absolute Gasteiger partial charge is 0.231 e. The Morgan fingerprint density at radius 3 is 2.84 bits per heavy atom. The van der Waals surface area contributed by atoms with Crippen molar-refractivity contribution in [2.45, 2.75) is 32.3 Å². The van der Waals surface area contributed by atoms with Crippen LogP contribution < -0.4 is 24.4 Å². The summed E-state index contributed by atoms with van der Waals surface area (Å²) in [6, 6.07) is 13.0. The van der Waals surface area contributed by atoms with Gasteiger partial charge in [-0.2, -0.15) is 0 Å². The van der Waals surface area contributed by atoms with Crippen LogP contribution in [-0.4, -0.2) is 49.5 Å². The average Bonchev–Trinajstić information content (AvgIpc) is 3.42. The summed E-state index contributed by atoms with van der Waals surface area (Å²) in [7, 11) is 0. The van der Waals surface area contributed by atoms with Crippen LogP contribution in [0.3, 0.4) is 0 Å². The number of carbonyl (C=O) groups excluding carboxylic acids is 2. The van der Waals surface area contributed by atoms with Crippen molar-refractivity contribution in [3.8, 4) is 17.2 Å². The summed E-state index contributed by atoms with van der Waals surface area (Å²) < 4.78 is 16.1. The Balaban J connectivity index is 1.25. The van der Waals surface area contributed by atoms with E-state index in [4.69, 9.17) is 14.2 Å². The molecule has 0 spiro atoms. The minimum absolute atomic E-state index is 0.0115. The van der Waals surface area contributed by atoms with Gasteiger partial charge >= 0.3 is 0 Å². The molecule has 0 aromatic heterocycles. The Hall–Kier alpha value is -3.26. The Morgan fingerprint density at radius 2 is 2.03 bits per heavy atom. The lowest BCUT2D eigenvalue weighted by atomic mass is 10.0. The fraction of sp³-hybridized carbons (Fsp3) is 0.417. The summed E-state index contributed by atoms with van der Waals surface area (Å²) in [6.07, 6.45) is -0.734. The van der Waals surface area contributed by atoms with Crippen molar-refractivity contribution in [3.63, 3.8) is 0 Å². The van der Waals surface area contributed by atoms with E-state index in [2.05, 4.69) is 19.2 Å². The van der Waals surface area contributed by atoms with E-state index in [1.165, 1.54) is 0 Å². The first-order chi connectivity index (χ1) is 15.4. The van der Waals surface area contributed by atoms with E-state index >= 15 is 0 Å². The number of anilines is 1. The van der Waals surface area contributed by atoms with Crippen LogP contribution in [0.15, 0.2) is 42.5 Å². The predicted octanol–water partition coefficient (Wildman–Crippen LogP) is 2.45.